The van der Waals surface area contributed by atoms with Gasteiger partial charge in [-0.05, 0) is 39.0 Å². The van der Waals surface area contributed by atoms with Crippen LogP contribution in [0.3, 0.4) is 0 Å². The maximum atomic E-state index is 5.83. The predicted octanol–water partition coefficient (Wildman–Crippen LogP) is 3.68. The molecule has 2 saturated carbocycles. The van der Waals surface area contributed by atoms with Crippen LogP contribution in [0.15, 0.2) is 11.4 Å². The largest absolute Gasteiger partial charge is 0.389 e. The molecule has 6 heteroatoms. The Morgan fingerprint density at radius 1 is 1.24 bits per heavy atom. The molecule has 0 radical (unpaired) electrons. The molecule has 2 aromatic heterocycles. The van der Waals surface area contributed by atoms with Gasteiger partial charge in [0.15, 0.2) is 5.65 Å². The van der Waals surface area contributed by atoms with Gasteiger partial charge in [-0.1, -0.05) is 18.0 Å². The lowest BCUT2D eigenvalue weighted by Gasteiger charge is -2.34. The van der Waals surface area contributed by atoms with Crippen molar-refractivity contribution in [2.24, 2.45) is 12.2 Å². The van der Waals surface area contributed by atoms with Crippen LogP contribution in [0.25, 0.3) is 11.0 Å². The van der Waals surface area contributed by atoms with Gasteiger partial charge in [-0.3, -0.25) is 4.68 Å². The summed E-state index contributed by atoms with van der Waals surface area (Å²) in [5, 5.41) is 14.0. The van der Waals surface area contributed by atoms with E-state index in [0.717, 1.165) is 53.0 Å². The number of aryl methyl sites for hydroxylation is 2. The molecule has 6 nitrogen and oxygen atoms in total. The second-order valence-electron chi connectivity index (χ2n) is 7.92. The second kappa shape index (κ2) is 5.44. The molecular weight excluding hydrogens is 314 g/mol. The summed E-state index contributed by atoms with van der Waals surface area (Å²) in [6.07, 6.45) is 11.4. The molecule has 1 spiro atoms. The quantitative estimate of drug-likeness (QED) is 0.926. The zero-order chi connectivity index (χ0) is 17.0. The number of rotatable bonds is 3. The van der Waals surface area contributed by atoms with Crippen LogP contribution in [0.2, 0.25) is 0 Å². The maximum Gasteiger partial charge on any atom is 0.159 e. The van der Waals surface area contributed by atoms with Crippen LogP contribution in [-0.2, 0) is 11.9 Å². The van der Waals surface area contributed by atoms with Crippen molar-refractivity contribution in [3.63, 3.8) is 0 Å². The van der Waals surface area contributed by atoms with Gasteiger partial charge in [-0.25, -0.2) is 4.98 Å². The van der Waals surface area contributed by atoms with E-state index < -0.39 is 0 Å². The number of anilines is 1. The van der Waals surface area contributed by atoms with Gasteiger partial charge in [-0.15, -0.1) is 0 Å². The van der Waals surface area contributed by atoms with Crippen molar-refractivity contribution in [3.05, 3.63) is 17.5 Å². The molecule has 0 unspecified atom stereocenters. The van der Waals surface area contributed by atoms with Crippen LogP contribution < -0.4 is 5.32 Å². The van der Waals surface area contributed by atoms with E-state index in [9.17, 15) is 0 Å². The van der Waals surface area contributed by atoms with Gasteiger partial charge < -0.3 is 10.2 Å². The highest BCUT2D eigenvalue weighted by Crippen LogP contribution is 2.44. The molecule has 2 fully saturated rings. The van der Waals surface area contributed by atoms with E-state index in [2.05, 4.69) is 22.5 Å². The molecule has 3 heterocycles. The Labute approximate surface area is 147 Å². The van der Waals surface area contributed by atoms with Crippen LogP contribution in [-0.4, -0.2) is 32.1 Å². The molecular formula is C19H25N5O. The summed E-state index contributed by atoms with van der Waals surface area (Å²) in [5.41, 5.74) is 5.21. The molecule has 132 valence electrons. The Morgan fingerprint density at radius 3 is 2.72 bits per heavy atom. The smallest absolute Gasteiger partial charge is 0.159 e. The van der Waals surface area contributed by atoms with Crippen LogP contribution in [0.4, 0.5) is 5.69 Å². The van der Waals surface area contributed by atoms with E-state index in [-0.39, 0.29) is 5.60 Å². The third-order valence-corrected chi connectivity index (χ3v) is 6.15. The van der Waals surface area contributed by atoms with Gasteiger partial charge >= 0.3 is 0 Å². The lowest BCUT2D eigenvalue weighted by atomic mass is 9.76. The number of fused-ring (bicyclic) bond motifs is 1. The van der Waals surface area contributed by atoms with Gasteiger partial charge in [0.1, 0.15) is 5.60 Å². The normalized spacial score (nSPS) is 22.2. The molecule has 0 atom stereocenters. The SMILES string of the molecule is Cc1nn(C)c2ncc(C3=NOC4(CCC4)C3)c(NC3CCCC3)c12. The predicted molar refractivity (Wildman–Crippen MR) is 97.9 cm³/mol. The molecule has 1 N–H and O–H groups in total. The van der Waals surface area contributed by atoms with Crippen molar-refractivity contribution in [1.82, 2.24) is 14.8 Å². The lowest BCUT2D eigenvalue weighted by Crippen LogP contribution is -2.37. The zero-order valence-electron chi connectivity index (χ0n) is 15.0. The summed E-state index contributed by atoms with van der Waals surface area (Å²) < 4.78 is 1.87. The first-order valence-corrected chi connectivity index (χ1v) is 9.49. The molecule has 0 bridgehead atoms. The number of hydrogen-bond donors (Lipinski definition) is 1. The molecule has 3 aliphatic rings. The monoisotopic (exact) mass is 339 g/mol. The Kier molecular flexibility index (Phi) is 3.30. The van der Waals surface area contributed by atoms with Gasteiger partial charge in [0.05, 0.1) is 22.5 Å². The Balaban J connectivity index is 1.60. The number of oxime groups is 1. The summed E-state index contributed by atoms with van der Waals surface area (Å²) in [7, 11) is 1.96. The standard InChI is InChI=1S/C19H25N5O/c1-12-16-17(21-13-6-3-4-7-13)14(11-20-18(16)24(2)22-12)15-10-19(25-23-15)8-5-9-19/h11,13H,3-10H2,1-2H3,(H,20,21). The van der Waals surface area contributed by atoms with Crippen molar-refractivity contribution in [3.8, 4) is 0 Å². The topological polar surface area (TPSA) is 64.3 Å². The van der Waals surface area contributed by atoms with E-state index >= 15 is 0 Å². The first-order valence-electron chi connectivity index (χ1n) is 9.49. The van der Waals surface area contributed by atoms with Gasteiger partial charge in [0, 0.05) is 31.3 Å². The molecule has 5 rings (SSSR count). The molecule has 2 aromatic rings. The Bertz CT molecular complexity index is 858. The zero-order valence-corrected chi connectivity index (χ0v) is 15.0. The minimum atomic E-state index is -0.0289. The average molecular weight is 339 g/mol. The first kappa shape index (κ1) is 15.2. The summed E-state index contributed by atoms with van der Waals surface area (Å²) in [6, 6.07) is 0.532. The first-order chi connectivity index (χ1) is 12.2. The number of nitrogens with one attached hydrogen (secondary N) is 1. The van der Waals surface area contributed by atoms with Crippen molar-refractivity contribution in [2.45, 2.75) is 69.9 Å². The van der Waals surface area contributed by atoms with E-state index in [0.29, 0.717) is 6.04 Å². The van der Waals surface area contributed by atoms with Crippen LogP contribution in [0, 0.1) is 6.92 Å². The van der Waals surface area contributed by atoms with Crippen molar-refractivity contribution >= 4 is 22.4 Å². The minimum absolute atomic E-state index is 0.0289. The highest BCUT2D eigenvalue weighted by atomic mass is 16.7. The van der Waals surface area contributed by atoms with E-state index in [1.807, 2.05) is 17.9 Å². The number of pyridine rings is 1. The van der Waals surface area contributed by atoms with Crippen molar-refractivity contribution < 1.29 is 4.84 Å². The highest BCUT2D eigenvalue weighted by Gasteiger charge is 2.45. The average Bonchev–Trinajstić information content (AvgIpc) is 3.27. The highest BCUT2D eigenvalue weighted by molar-refractivity contribution is 6.11. The van der Waals surface area contributed by atoms with Crippen LogP contribution in [0.5, 0.6) is 0 Å². The van der Waals surface area contributed by atoms with E-state index in [1.165, 1.54) is 32.1 Å². The van der Waals surface area contributed by atoms with Gasteiger partial charge in [0.2, 0.25) is 0 Å². The van der Waals surface area contributed by atoms with Crippen LogP contribution in [0.1, 0.15) is 62.6 Å². The molecule has 0 amide bonds. The number of aromatic nitrogens is 3. The summed E-state index contributed by atoms with van der Waals surface area (Å²) >= 11 is 0. The Morgan fingerprint density at radius 2 is 2.04 bits per heavy atom. The lowest BCUT2D eigenvalue weighted by molar-refractivity contribution is -0.0755. The van der Waals surface area contributed by atoms with Crippen molar-refractivity contribution in [1.29, 1.82) is 0 Å². The van der Waals surface area contributed by atoms with E-state index in [1.54, 1.807) is 0 Å². The molecule has 0 aromatic carbocycles. The molecule has 0 saturated heterocycles. The molecule has 1 aliphatic heterocycles. The second-order valence-corrected chi connectivity index (χ2v) is 7.92. The fraction of sp³-hybridized carbons (Fsp3) is 0.632. The minimum Gasteiger partial charge on any atom is -0.389 e. The number of hydrogen-bond acceptors (Lipinski definition) is 5. The van der Waals surface area contributed by atoms with E-state index in [4.69, 9.17) is 9.82 Å². The van der Waals surface area contributed by atoms with Gasteiger partial charge in [0.25, 0.3) is 0 Å². The molecule has 25 heavy (non-hydrogen) atoms. The van der Waals surface area contributed by atoms with Crippen LogP contribution >= 0.6 is 0 Å². The molecule has 2 aliphatic carbocycles. The summed E-state index contributed by atoms with van der Waals surface area (Å²) in [4.78, 5) is 10.5. The van der Waals surface area contributed by atoms with Crippen molar-refractivity contribution in [2.75, 3.05) is 5.32 Å². The number of nitrogens with zero attached hydrogens (tertiary/aromatic N) is 4. The third-order valence-electron chi connectivity index (χ3n) is 6.15. The summed E-state index contributed by atoms with van der Waals surface area (Å²) in [6.45, 7) is 2.06. The fourth-order valence-corrected chi connectivity index (χ4v) is 4.56. The third kappa shape index (κ3) is 2.34. The van der Waals surface area contributed by atoms with Gasteiger partial charge in [-0.2, -0.15) is 5.10 Å². The summed E-state index contributed by atoms with van der Waals surface area (Å²) in [5.74, 6) is 0. The fourth-order valence-electron chi connectivity index (χ4n) is 4.56. The maximum absolute atomic E-state index is 5.83. The Hall–Kier alpha value is -2.11.